The fraction of sp³-hybridized carbons (Fsp3) is 0.476. The van der Waals surface area contributed by atoms with Crippen LogP contribution in [0.2, 0.25) is 0 Å². The highest BCUT2D eigenvalue weighted by atomic mass is 32.1. The molecule has 1 aliphatic heterocycles. The Kier molecular flexibility index (Phi) is 6.10. The van der Waals surface area contributed by atoms with Crippen LogP contribution in [-0.2, 0) is 17.8 Å². The summed E-state index contributed by atoms with van der Waals surface area (Å²) in [5.74, 6) is 1.55. The summed E-state index contributed by atoms with van der Waals surface area (Å²) < 4.78 is 10.8. The van der Waals surface area contributed by atoms with Crippen molar-refractivity contribution in [3.8, 4) is 11.5 Å². The lowest BCUT2D eigenvalue weighted by atomic mass is 10.0. The van der Waals surface area contributed by atoms with Crippen LogP contribution in [0.4, 0.5) is 0 Å². The van der Waals surface area contributed by atoms with Gasteiger partial charge in [0.2, 0.25) is 0 Å². The Morgan fingerprint density at radius 1 is 1.17 bits per heavy atom. The number of rotatable bonds is 6. The number of ether oxygens (including phenoxy) is 2. The van der Waals surface area contributed by atoms with E-state index in [0.717, 1.165) is 48.1 Å². The van der Waals surface area contributed by atoms with E-state index in [9.17, 15) is 9.59 Å². The predicted octanol–water partition coefficient (Wildman–Crippen LogP) is 2.39. The number of nitrogens with zero attached hydrogens (tertiary/aromatic N) is 3. The second-order valence-electron chi connectivity index (χ2n) is 7.28. The zero-order chi connectivity index (χ0) is 20.2. The van der Waals surface area contributed by atoms with Crippen molar-refractivity contribution in [1.82, 2.24) is 14.8 Å². The van der Waals surface area contributed by atoms with E-state index in [1.807, 2.05) is 23.1 Å². The van der Waals surface area contributed by atoms with E-state index < -0.39 is 0 Å². The van der Waals surface area contributed by atoms with Crippen molar-refractivity contribution in [2.45, 2.75) is 25.8 Å². The van der Waals surface area contributed by atoms with Crippen molar-refractivity contribution in [1.29, 1.82) is 0 Å². The minimum absolute atomic E-state index is 0.0113. The van der Waals surface area contributed by atoms with Crippen molar-refractivity contribution < 1.29 is 19.1 Å². The van der Waals surface area contributed by atoms with E-state index >= 15 is 0 Å². The molecule has 1 aliphatic carbocycles. The van der Waals surface area contributed by atoms with Crippen LogP contribution in [0, 0.1) is 0 Å². The first-order chi connectivity index (χ1) is 14.1. The van der Waals surface area contributed by atoms with E-state index in [2.05, 4.69) is 9.88 Å². The Labute approximate surface area is 174 Å². The number of carbonyl (C=O) groups excluding carboxylic acids is 2. The predicted molar refractivity (Wildman–Crippen MR) is 110 cm³/mol. The minimum Gasteiger partial charge on any atom is -0.497 e. The number of aromatic nitrogens is 1. The van der Waals surface area contributed by atoms with Crippen molar-refractivity contribution >= 4 is 23.0 Å². The Morgan fingerprint density at radius 3 is 2.72 bits per heavy atom. The fourth-order valence-electron chi connectivity index (χ4n) is 3.66. The largest absolute Gasteiger partial charge is 0.497 e. The number of amides is 1. The molecule has 0 atom stereocenters. The lowest BCUT2D eigenvalue weighted by Crippen LogP contribution is -2.49. The fourth-order valence-corrected chi connectivity index (χ4v) is 4.78. The molecule has 0 N–H and O–H groups in total. The van der Waals surface area contributed by atoms with Crippen LogP contribution >= 0.6 is 11.3 Å². The van der Waals surface area contributed by atoms with E-state index in [1.54, 1.807) is 13.2 Å². The number of benzene rings is 1. The number of fused-ring (bicyclic) bond motifs is 1. The maximum atomic E-state index is 12.5. The zero-order valence-electron chi connectivity index (χ0n) is 16.6. The number of methoxy groups -OCH3 is 1. The van der Waals surface area contributed by atoms with Gasteiger partial charge in [0, 0.05) is 38.7 Å². The molecular formula is C21H25N3O4S. The van der Waals surface area contributed by atoms with Gasteiger partial charge in [-0.1, -0.05) is 6.07 Å². The van der Waals surface area contributed by atoms with Gasteiger partial charge in [-0.15, -0.1) is 11.3 Å². The van der Waals surface area contributed by atoms with Gasteiger partial charge in [-0.2, -0.15) is 0 Å². The topological polar surface area (TPSA) is 72.0 Å². The number of aryl methyl sites for hydroxylation is 1. The first kappa shape index (κ1) is 19.8. The third-order valence-corrected chi connectivity index (χ3v) is 6.42. The van der Waals surface area contributed by atoms with Gasteiger partial charge in [-0.05, 0) is 25.0 Å². The summed E-state index contributed by atoms with van der Waals surface area (Å²) in [7, 11) is 1.60. The molecule has 8 heteroatoms. The molecule has 2 aliphatic rings. The lowest BCUT2D eigenvalue weighted by molar-refractivity contribution is -0.135. The molecule has 29 heavy (non-hydrogen) atoms. The van der Waals surface area contributed by atoms with Gasteiger partial charge >= 0.3 is 0 Å². The van der Waals surface area contributed by atoms with Crippen molar-refractivity contribution in [3.05, 3.63) is 39.8 Å². The van der Waals surface area contributed by atoms with Crippen LogP contribution < -0.4 is 9.47 Å². The molecule has 0 saturated carbocycles. The lowest BCUT2D eigenvalue weighted by Gasteiger charge is -2.34. The second-order valence-corrected chi connectivity index (χ2v) is 8.37. The smallest absolute Gasteiger partial charge is 0.260 e. The highest BCUT2D eigenvalue weighted by molar-refractivity contribution is 7.13. The normalized spacial score (nSPS) is 17.1. The average Bonchev–Trinajstić information content (AvgIpc) is 3.16. The minimum atomic E-state index is -0.0113. The summed E-state index contributed by atoms with van der Waals surface area (Å²) in [5.41, 5.74) is 0.977. The van der Waals surface area contributed by atoms with Gasteiger partial charge in [-0.25, -0.2) is 4.98 Å². The van der Waals surface area contributed by atoms with E-state index in [-0.39, 0.29) is 18.3 Å². The number of hydrogen-bond donors (Lipinski definition) is 0. The Hall–Kier alpha value is -2.45. The first-order valence-electron chi connectivity index (χ1n) is 9.91. The maximum absolute atomic E-state index is 12.5. The highest BCUT2D eigenvalue weighted by Gasteiger charge is 2.25. The number of Topliss-reactive ketones (excluding diaryl/α,β-unsaturated/α-hetero) is 1. The average molecular weight is 416 g/mol. The van der Waals surface area contributed by atoms with Crippen molar-refractivity contribution in [2.24, 2.45) is 0 Å². The van der Waals surface area contributed by atoms with Crippen LogP contribution in [0.1, 0.15) is 33.2 Å². The zero-order valence-corrected chi connectivity index (χ0v) is 17.4. The number of carbonyl (C=O) groups is 2. The van der Waals surface area contributed by atoms with Crippen LogP contribution in [0.25, 0.3) is 0 Å². The standard InChI is InChI=1S/C21H25N3O4S/c1-27-15-4-2-5-16(12-15)28-14-20(26)24-10-8-23(9-11-24)13-19-22-17-6-3-7-18(25)21(17)29-19/h2,4-5,12H,3,6-11,13-14H2,1H3. The van der Waals surface area contributed by atoms with Gasteiger partial charge < -0.3 is 14.4 Å². The highest BCUT2D eigenvalue weighted by Crippen LogP contribution is 2.27. The molecule has 0 bridgehead atoms. The molecular weight excluding hydrogens is 390 g/mol. The quantitative estimate of drug-likeness (QED) is 0.722. The van der Waals surface area contributed by atoms with Crippen molar-refractivity contribution in [3.63, 3.8) is 0 Å². The number of hydrogen-bond acceptors (Lipinski definition) is 7. The third-order valence-electron chi connectivity index (χ3n) is 5.30. The van der Waals surface area contributed by atoms with E-state index in [4.69, 9.17) is 9.47 Å². The molecule has 0 unspecified atom stereocenters. The van der Waals surface area contributed by atoms with Crippen LogP contribution in [0.5, 0.6) is 11.5 Å². The molecule has 1 saturated heterocycles. The van der Waals surface area contributed by atoms with Gasteiger partial charge in [0.25, 0.3) is 5.91 Å². The molecule has 2 heterocycles. The summed E-state index contributed by atoms with van der Waals surface area (Å²) in [5, 5.41) is 1.01. The molecule has 1 aromatic heterocycles. The van der Waals surface area contributed by atoms with E-state index in [1.165, 1.54) is 11.3 Å². The molecule has 4 rings (SSSR count). The first-order valence-corrected chi connectivity index (χ1v) is 10.7. The molecule has 0 radical (unpaired) electrons. The maximum Gasteiger partial charge on any atom is 0.260 e. The Morgan fingerprint density at radius 2 is 1.97 bits per heavy atom. The van der Waals surface area contributed by atoms with Gasteiger partial charge in [0.15, 0.2) is 12.4 Å². The van der Waals surface area contributed by atoms with Crippen LogP contribution in [0.3, 0.4) is 0 Å². The molecule has 2 aromatic rings. The molecule has 1 aromatic carbocycles. The molecule has 7 nitrogen and oxygen atoms in total. The number of thiazole rings is 1. The molecule has 154 valence electrons. The van der Waals surface area contributed by atoms with Crippen molar-refractivity contribution in [2.75, 3.05) is 39.9 Å². The summed E-state index contributed by atoms with van der Waals surface area (Å²) >= 11 is 1.54. The second kappa shape index (κ2) is 8.92. The number of ketones is 1. The van der Waals surface area contributed by atoms with Crippen LogP contribution in [0.15, 0.2) is 24.3 Å². The third kappa shape index (κ3) is 4.76. The SMILES string of the molecule is COc1cccc(OCC(=O)N2CCN(Cc3nc4c(s3)C(=O)CCC4)CC2)c1. The van der Waals surface area contributed by atoms with Gasteiger partial charge in [0.1, 0.15) is 16.5 Å². The molecule has 1 fully saturated rings. The molecule has 0 spiro atoms. The summed E-state index contributed by atoms with van der Waals surface area (Å²) in [6.07, 6.45) is 2.47. The van der Waals surface area contributed by atoms with Gasteiger partial charge in [-0.3, -0.25) is 14.5 Å². The molecule has 1 amide bonds. The number of piperazine rings is 1. The Balaban J connectivity index is 1.25. The summed E-state index contributed by atoms with van der Waals surface area (Å²) in [6, 6.07) is 7.25. The Bertz CT molecular complexity index is 890. The van der Waals surface area contributed by atoms with Crippen LogP contribution in [-0.4, -0.2) is 66.4 Å². The summed E-state index contributed by atoms with van der Waals surface area (Å²) in [6.45, 7) is 3.70. The monoisotopic (exact) mass is 415 g/mol. The van der Waals surface area contributed by atoms with Gasteiger partial charge in [0.05, 0.1) is 24.2 Å². The van der Waals surface area contributed by atoms with E-state index in [0.29, 0.717) is 31.0 Å². The summed E-state index contributed by atoms with van der Waals surface area (Å²) in [4.78, 5) is 34.1.